The van der Waals surface area contributed by atoms with E-state index in [2.05, 4.69) is 26.1 Å². The van der Waals surface area contributed by atoms with E-state index in [4.69, 9.17) is 5.11 Å². The molecule has 1 aromatic rings. The molecule has 1 aromatic heterocycles. The minimum absolute atomic E-state index is 0.00957. The summed E-state index contributed by atoms with van der Waals surface area (Å²) in [6.45, 7) is 7.16. The van der Waals surface area contributed by atoms with Crippen LogP contribution in [0.25, 0.3) is 0 Å². The number of hydrogen-bond donors (Lipinski definition) is 6. The Kier molecular flexibility index (Phi) is 11.2. The molecule has 0 bridgehead atoms. The van der Waals surface area contributed by atoms with E-state index in [1.807, 2.05) is 13.8 Å². The molecule has 0 radical (unpaired) electrons. The molecule has 0 aliphatic rings. The molecule has 170 valence electrons. The number of carbonyl (C=O) groups excluding carboxylic acids is 2. The van der Waals surface area contributed by atoms with Crippen LogP contribution in [-0.4, -0.2) is 62.1 Å². The maximum atomic E-state index is 12.9. The van der Waals surface area contributed by atoms with Crippen LogP contribution in [0.2, 0.25) is 0 Å². The number of imidazole rings is 1. The first kappa shape index (κ1) is 25.7. The minimum atomic E-state index is -0.904. The van der Waals surface area contributed by atoms with Gasteiger partial charge in [-0.15, -0.1) is 0 Å². The number of carboxylic acids is 1. The Balaban J connectivity index is 2.71. The number of amides is 1. The summed E-state index contributed by atoms with van der Waals surface area (Å²) in [5, 5.41) is 21.7. The van der Waals surface area contributed by atoms with Gasteiger partial charge in [-0.3, -0.25) is 19.8 Å². The van der Waals surface area contributed by atoms with Crippen LogP contribution in [0, 0.1) is 5.92 Å². The summed E-state index contributed by atoms with van der Waals surface area (Å²) < 4.78 is 0. The second kappa shape index (κ2) is 13.1. The average molecular weight is 426 g/mol. The van der Waals surface area contributed by atoms with Gasteiger partial charge in [0.25, 0.3) is 0 Å². The maximum Gasteiger partial charge on any atom is 0.303 e. The molecule has 4 unspecified atom stereocenters. The molecule has 0 aromatic carbocycles. The second-order valence-electron chi connectivity index (χ2n) is 8.07. The van der Waals surface area contributed by atoms with E-state index in [0.29, 0.717) is 25.7 Å². The minimum Gasteiger partial charge on any atom is -0.481 e. The van der Waals surface area contributed by atoms with Crippen molar-refractivity contribution in [1.82, 2.24) is 26.1 Å². The number of aromatic nitrogens is 2. The zero-order valence-electron chi connectivity index (χ0n) is 18.1. The lowest BCUT2D eigenvalue weighted by molar-refractivity contribution is -0.137. The Morgan fingerprint density at radius 1 is 1.17 bits per heavy atom. The predicted molar refractivity (Wildman–Crippen MR) is 111 cm³/mol. The van der Waals surface area contributed by atoms with Gasteiger partial charge in [-0.25, -0.2) is 10.4 Å². The lowest BCUT2D eigenvalue weighted by Gasteiger charge is -2.26. The fourth-order valence-corrected chi connectivity index (χ4v) is 2.94. The highest BCUT2D eigenvalue weighted by molar-refractivity contribution is 5.89. The van der Waals surface area contributed by atoms with Crippen LogP contribution < -0.4 is 16.2 Å². The number of carbonyl (C=O) groups is 3. The van der Waals surface area contributed by atoms with Gasteiger partial charge in [-0.05, 0) is 39.0 Å². The van der Waals surface area contributed by atoms with Crippen molar-refractivity contribution in [3.8, 4) is 0 Å². The largest absolute Gasteiger partial charge is 0.481 e. The summed E-state index contributed by atoms with van der Waals surface area (Å²) in [4.78, 5) is 42.3. The van der Waals surface area contributed by atoms with Gasteiger partial charge >= 0.3 is 5.97 Å². The summed E-state index contributed by atoms with van der Waals surface area (Å²) in [5.74, 6) is -1.10. The van der Waals surface area contributed by atoms with Crippen molar-refractivity contribution in [1.29, 1.82) is 0 Å². The molecular formula is C20H35N5O5. The number of aliphatic hydroxyl groups is 1. The van der Waals surface area contributed by atoms with Crippen LogP contribution in [0.15, 0.2) is 12.5 Å². The normalized spacial score (nSPS) is 15.4. The van der Waals surface area contributed by atoms with Gasteiger partial charge in [0.2, 0.25) is 5.91 Å². The van der Waals surface area contributed by atoms with Crippen LogP contribution in [0.3, 0.4) is 0 Å². The molecule has 0 saturated heterocycles. The monoisotopic (exact) mass is 425 g/mol. The smallest absolute Gasteiger partial charge is 0.303 e. The zero-order chi connectivity index (χ0) is 22.7. The lowest BCUT2D eigenvalue weighted by Crippen LogP contribution is -2.57. The number of nitrogens with zero attached hydrogens (tertiary/aromatic N) is 1. The number of aromatic amines is 1. The van der Waals surface area contributed by atoms with E-state index < -0.39 is 30.2 Å². The Labute approximate surface area is 177 Å². The third-order valence-corrected chi connectivity index (χ3v) is 4.76. The van der Waals surface area contributed by atoms with Crippen LogP contribution >= 0.6 is 0 Å². The van der Waals surface area contributed by atoms with Crippen LogP contribution in [0.1, 0.15) is 59.1 Å². The van der Waals surface area contributed by atoms with Crippen molar-refractivity contribution in [2.75, 3.05) is 0 Å². The molecule has 1 heterocycles. The van der Waals surface area contributed by atoms with Gasteiger partial charge in [-0.2, -0.15) is 0 Å². The first-order chi connectivity index (χ1) is 14.1. The third kappa shape index (κ3) is 9.95. The zero-order valence-corrected chi connectivity index (χ0v) is 18.1. The molecule has 1 rings (SSSR count). The molecule has 10 nitrogen and oxygen atoms in total. The van der Waals surface area contributed by atoms with Gasteiger partial charge in [0.05, 0.1) is 18.5 Å². The molecular weight excluding hydrogens is 390 g/mol. The van der Waals surface area contributed by atoms with Crippen molar-refractivity contribution in [3.05, 3.63) is 18.2 Å². The van der Waals surface area contributed by atoms with Gasteiger partial charge in [-0.1, -0.05) is 13.8 Å². The summed E-state index contributed by atoms with van der Waals surface area (Å²) in [6, 6.07) is -1.70. The number of hydrogen-bond acceptors (Lipinski definition) is 7. The number of ketones is 1. The van der Waals surface area contributed by atoms with Crippen LogP contribution in [0.4, 0.5) is 0 Å². The van der Waals surface area contributed by atoms with Crippen molar-refractivity contribution in [2.45, 2.75) is 84.0 Å². The molecule has 0 fully saturated rings. The summed E-state index contributed by atoms with van der Waals surface area (Å²) in [5.41, 5.74) is 6.61. The predicted octanol–water partition coefficient (Wildman–Crippen LogP) is 0.539. The molecule has 30 heavy (non-hydrogen) atoms. The molecule has 0 aliphatic heterocycles. The summed E-state index contributed by atoms with van der Waals surface area (Å²) >= 11 is 0. The van der Waals surface area contributed by atoms with E-state index in [1.165, 1.54) is 13.3 Å². The number of Topliss-reactive ketones (excluding diaryl/α,β-unsaturated/α-hetero) is 1. The van der Waals surface area contributed by atoms with E-state index in [1.54, 1.807) is 13.1 Å². The van der Waals surface area contributed by atoms with Gasteiger partial charge in [0, 0.05) is 30.8 Å². The van der Waals surface area contributed by atoms with Crippen LogP contribution in [-0.2, 0) is 20.8 Å². The van der Waals surface area contributed by atoms with Crippen LogP contribution in [0.5, 0.6) is 0 Å². The van der Waals surface area contributed by atoms with Crippen molar-refractivity contribution in [3.63, 3.8) is 0 Å². The van der Waals surface area contributed by atoms with Crippen molar-refractivity contribution in [2.24, 2.45) is 5.92 Å². The van der Waals surface area contributed by atoms with Crippen molar-refractivity contribution < 1.29 is 24.6 Å². The Morgan fingerprint density at radius 3 is 2.40 bits per heavy atom. The fraction of sp³-hybridized carbons (Fsp3) is 0.700. The Morgan fingerprint density at radius 2 is 1.87 bits per heavy atom. The first-order valence-corrected chi connectivity index (χ1v) is 10.3. The Hall–Kier alpha value is -2.30. The molecule has 0 aliphatic carbocycles. The highest BCUT2D eigenvalue weighted by Crippen LogP contribution is 2.08. The highest BCUT2D eigenvalue weighted by atomic mass is 16.4. The van der Waals surface area contributed by atoms with E-state index in [9.17, 15) is 19.5 Å². The van der Waals surface area contributed by atoms with Gasteiger partial charge < -0.3 is 20.5 Å². The summed E-state index contributed by atoms with van der Waals surface area (Å²) in [7, 11) is 0. The van der Waals surface area contributed by atoms with Gasteiger partial charge in [0.1, 0.15) is 6.04 Å². The fourth-order valence-electron chi connectivity index (χ4n) is 2.94. The molecule has 6 N–H and O–H groups in total. The quantitative estimate of drug-likeness (QED) is 0.222. The maximum absolute atomic E-state index is 12.9. The standard InChI is InChI=1S/C20H35N5O5/c1-12(2)8-16(14(4)26)23-20(30)17(9-15-10-21-11-22-15)25-24-13(3)18(27)6-5-7-19(28)29/h10-13,16-18,24-25,27H,5-9H2,1-4H3,(H,21,22)(H,23,30)(H,28,29). The number of nitrogens with one attached hydrogen (secondary N) is 4. The van der Waals surface area contributed by atoms with E-state index in [-0.39, 0.29) is 24.0 Å². The van der Waals surface area contributed by atoms with Gasteiger partial charge in [0.15, 0.2) is 5.78 Å². The second-order valence-corrected chi connectivity index (χ2v) is 8.07. The number of H-pyrrole nitrogens is 1. The number of hydrazine groups is 1. The van der Waals surface area contributed by atoms with E-state index >= 15 is 0 Å². The lowest BCUT2D eigenvalue weighted by atomic mass is 10.00. The molecule has 0 saturated carbocycles. The molecule has 1 amide bonds. The molecule has 0 spiro atoms. The van der Waals surface area contributed by atoms with E-state index in [0.717, 1.165) is 5.69 Å². The average Bonchev–Trinajstić information content (AvgIpc) is 3.16. The molecule has 10 heteroatoms. The van der Waals surface area contributed by atoms with Crippen molar-refractivity contribution >= 4 is 17.7 Å². The number of rotatable bonds is 15. The SMILES string of the molecule is CC(=O)C(CC(C)C)NC(=O)C(Cc1cnc[nH]1)NNC(C)C(O)CCCC(=O)O. The highest BCUT2D eigenvalue weighted by Gasteiger charge is 2.26. The summed E-state index contributed by atoms with van der Waals surface area (Å²) in [6.07, 6.45) is 3.86. The molecule has 4 atom stereocenters. The Bertz CT molecular complexity index is 665. The number of carboxylic acid groups (broad SMARTS) is 1. The first-order valence-electron chi connectivity index (χ1n) is 10.3. The number of aliphatic carboxylic acids is 1. The number of aliphatic hydroxyl groups excluding tert-OH is 1. The topological polar surface area (TPSA) is 156 Å². The third-order valence-electron chi connectivity index (χ3n) is 4.76.